The van der Waals surface area contributed by atoms with Crippen LogP contribution in [0.3, 0.4) is 0 Å². The summed E-state index contributed by atoms with van der Waals surface area (Å²) in [4.78, 5) is 14.0. The average Bonchev–Trinajstić information content (AvgIpc) is 2.88. The van der Waals surface area contributed by atoms with Crippen molar-refractivity contribution in [2.24, 2.45) is 0 Å². The first kappa shape index (κ1) is 9.87. The Morgan fingerprint density at radius 3 is 3.07 bits per heavy atom. The lowest BCUT2D eigenvalue weighted by atomic mass is 10.1. The first-order valence-electron chi connectivity index (χ1n) is 5.06. The van der Waals surface area contributed by atoms with E-state index in [1.54, 1.807) is 11.3 Å². The molecule has 0 aromatic carbocycles. The molecule has 0 aliphatic carbocycles. The molecule has 3 heteroatoms. The molecule has 1 atom stereocenters. The van der Waals surface area contributed by atoms with Crippen molar-refractivity contribution in [3.63, 3.8) is 0 Å². The molecule has 0 bridgehead atoms. The Labute approximate surface area is 87.9 Å². The summed E-state index contributed by atoms with van der Waals surface area (Å²) in [5.74, 6) is 0.173. The number of aryl methyl sites for hydroxylation is 1. The molecule has 0 spiro atoms. The van der Waals surface area contributed by atoms with E-state index >= 15 is 0 Å². The molecule has 2 heterocycles. The molecule has 1 aliphatic rings. The van der Waals surface area contributed by atoms with Crippen LogP contribution in [0.2, 0.25) is 0 Å². The molecule has 76 valence electrons. The molecular weight excluding hydrogens is 196 g/mol. The smallest absolute Gasteiger partial charge is 0.201 e. The van der Waals surface area contributed by atoms with Crippen LogP contribution in [-0.2, 0) is 11.2 Å². The van der Waals surface area contributed by atoms with Crippen LogP contribution in [0.15, 0.2) is 12.1 Å². The zero-order chi connectivity index (χ0) is 9.97. The number of Topliss-reactive ketones (excluding diaryl/α,β-unsaturated/α-hetero) is 1. The Bertz CT molecular complexity index is 324. The molecular formula is C11H14O2S. The minimum absolute atomic E-state index is 0.168. The number of ether oxygens (including phenoxy) is 1. The normalized spacial score (nSPS) is 21.4. The van der Waals surface area contributed by atoms with Crippen molar-refractivity contribution in [3.05, 3.63) is 21.9 Å². The number of ketones is 1. The molecule has 1 aromatic heterocycles. The number of rotatable bonds is 3. The third-order valence-electron chi connectivity index (χ3n) is 2.48. The molecule has 14 heavy (non-hydrogen) atoms. The Morgan fingerprint density at radius 1 is 1.64 bits per heavy atom. The highest BCUT2D eigenvalue weighted by Crippen LogP contribution is 2.23. The zero-order valence-corrected chi connectivity index (χ0v) is 9.10. The molecule has 2 nitrogen and oxygen atoms in total. The second kappa shape index (κ2) is 4.24. The summed E-state index contributed by atoms with van der Waals surface area (Å²) in [6.45, 7) is 2.84. The summed E-state index contributed by atoms with van der Waals surface area (Å²) >= 11 is 1.60. The molecule has 1 fully saturated rings. The lowest BCUT2D eigenvalue weighted by Crippen LogP contribution is -2.18. The van der Waals surface area contributed by atoms with Gasteiger partial charge < -0.3 is 4.74 Å². The van der Waals surface area contributed by atoms with Crippen molar-refractivity contribution in [2.45, 2.75) is 32.3 Å². The molecule has 1 saturated heterocycles. The maximum absolute atomic E-state index is 11.9. The number of hydrogen-bond donors (Lipinski definition) is 0. The highest BCUT2D eigenvalue weighted by atomic mass is 32.1. The van der Waals surface area contributed by atoms with E-state index in [0.29, 0.717) is 0 Å². The van der Waals surface area contributed by atoms with Crippen LogP contribution in [0.1, 0.15) is 34.3 Å². The quantitative estimate of drug-likeness (QED) is 0.717. The average molecular weight is 210 g/mol. The van der Waals surface area contributed by atoms with E-state index in [-0.39, 0.29) is 11.9 Å². The zero-order valence-electron chi connectivity index (χ0n) is 8.29. The highest BCUT2D eigenvalue weighted by molar-refractivity contribution is 7.14. The summed E-state index contributed by atoms with van der Waals surface area (Å²) in [6.07, 6.45) is 2.74. The monoisotopic (exact) mass is 210 g/mol. The molecule has 1 aromatic rings. The summed E-state index contributed by atoms with van der Waals surface area (Å²) in [6, 6.07) is 3.96. The third-order valence-corrected chi connectivity index (χ3v) is 3.72. The standard InChI is InChI=1S/C11H14O2S/c1-2-8-5-6-10(14-8)11(12)9-4-3-7-13-9/h5-6,9H,2-4,7H2,1H3. The van der Waals surface area contributed by atoms with E-state index in [0.717, 1.165) is 30.7 Å². The van der Waals surface area contributed by atoms with Crippen molar-refractivity contribution in [1.82, 2.24) is 0 Å². The fourth-order valence-electron chi connectivity index (χ4n) is 1.64. The summed E-state index contributed by atoms with van der Waals surface area (Å²) in [5.41, 5.74) is 0. The van der Waals surface area contributed by atoms with E-state index in [9.17, 15) is 4.79 Å². The van der Waals surface area contributed by atoms with Crippen molar-refractivity contribution in [1.29, 1.82) is 0 Å². The molecule has 1 aliphatic heterocycles. The van der Waals surface area contributed by atoms with Gasteiger partial charge >= 0.3 is 0 Å². The van der Waals surface area contributed by atoms with E-state index in [4.69, 9.17) is 4.74 Å². The largest absolute Gasteiger partial charge is 0.370 e. The van der Waals surface area contributed by atoms with Gasteiger partial charge in [0.15, 0.2) is 0 Å². The van der Waals surface area contributed by atoms with Gasteiger partial charge in [-0.1, -0.05) is 6.92 Å². The fraction of sp³-hybridized carbons (Fsp3) is 0.545. The highest BCUT2D eigenvalue weighted by Gasteiger charge is 2.25. The van der Waals surface area contributed by atoms with Crippen LogP contribution in [-0.4, -0.2) is 18.5 Å². The van der Waals surface area contributed by atoms with Gasteiger partial charge in [-0.3, -0.25) is 4.79 Å². The van der Waals surface area contributed by atoms with E-state index < -0.39 is 0 Å². The van der Waals surface area contributed by atoms with Gasteiger partial charge in [0, 0.05) is 11.5 Å². The lowest BCUT2D eigenvalue weighted by Gasteiger charge is -2.05. The van der Waals surface area contributed by atoms with Gasteiger partial charge in [0.1, 0.15) is 6.10 Å². The second-order valence-electron chi connectivity index (χ2n) is 3.49. The summed E-state index contributed by atoms with van der Waals surface area (Å²) in [7, 11) is 0. The molecule has 0 saturated carbocycles. The van der Waals surface area contributed by atoms with Gasteiger partial charge in [-0.25, -0.2) is 0 Å². The Kier molecular flexibility index (Phi) is 2.99. The van der Waals surface area contributed by atoms with E-state index in [1.165, 1.54) is 4.88 Å². The minimum atomic E-state index is -0.168. The Morgan fingerprint density at radius 2 is 2.50 bits per heavy atom. The number of carbonyl (C=O) groups is 1. The SMILES string of the molecule is CCc1ccc(C(=O)C2CCCO2)s1. The topological polar surface area (TPSA) is 26.3 Å². The molecule has 0 amide bonds. The van der Waals surface area contributed by atoms with E-state index in [2.05, 4.69) is 6.92 Å². The van der Waals surface area contributed by atoms with Crippen molar-refractivity contribution in [3.8, 4) is 0 Å². The second-order valence-corrected chi connectivity index (χ2v) is 4.65. The van der Waals surface area contributed by atoms with Crippen LogP contribution in [0.5, 0.6) is 0 Å². The molecule has 1 unspecified atom stereocenters. The fourth-order valence-corrected chi connectivity index (χ4v) is 2.57. The summed E-state index contributed by atoms with van der Waals surface area (Å²) < 4.78 is 5.37. The maximum Gasteiger partial charge on any atom is 0.201 e. The first-order chi connectivity index (χ1) is 6.81. The van der Waals surface area contributed by atoms with Gasteiger partial charge in [0.25, 0.3) is 0 Å². The molecule has 2 rings (SSSR count). The van der Waals surface area contributed by atoms with Gasteiger partial charge in [0.2, 0.25) is 5.78 Å². The maximum atomic E-state index is 11.9. The van der Waals surface area contributed by atoms with Gasteiger partial charge in [-0.05, 0) is 31.4 Å². The summed E-state index contributed by atoms with van der Waals surface area (Å²) in [5, 5.41) is 0. The van der Waals surface area contributed by atoms with Gasteiger partial charge in [-0.2, -0.15) is 0 Å². The first-order valence-corrected chi connectivity index (χ1v) is 5.87. The van der Waals surface area contributed by atoms with Crippen molar-refractivity contribution in [2.75, 3.05) is 6.61 Å². The lowest BCUT2D eigenvalue weighted by molar-refractivity contribution is 0.0647. The van der Waals surface area contributed by atoms with E-state index in [1.807, 2.05) is 12.1 Å². The van der Waals surface area contributed by atoms with Gasteiger partial charge in [-0.15, -0.1) is 11.3 Å². The van der Waals surface area contributed by atoms with Crippen molar-refractivity contribution < 1.29 is 9.53 Å². The van der Waals surface area contributed by atoms with Crippen LogP contribution >= 0.6 is 11.3 Å². The molecule has 0 radical (unpaired) electrons. The van der Waals surface area contributed by atoms with Gasteiger partial charge in [0.05, 0.1) is 4.88 Å². The van der Waals surface area contributed by atoms with Crippen molar-refractivity contribution >= 4 is 17.1 Å². The van der Waals surface area contributed by atoms with Crippen LogP contribution in [0.25, 0.3) is 0 Å². The number of thiophene rings is 1. The Balaban J connectivity index is 2.09. The van der Waals surface area contributed by atoms with Crippen LogP contribution < -0.4 is 0 Å². The van der Waals surface area contributed by atoms with Crippen LogP contribution in [0.4, 0.5) is 0 Å². The predicted molar refractivity (Wildman–Crippen MR) is 57.0 cm³/mol. The third kappa shape index (κ3) is 1.88. The Hall–Kier alpha value is -0.670. The minimum Gasteiger partial charge on any atom is -0.370 e. The predicted octanol–water partition coefficient (Wildman–Crippen LogP) is 2.67. The molecule has 0 N–H and O–H groups in total. The van der Waals surface area contributed by atoms with Crippen LogP contribution in [0, 0.1) is 0 Å². The number of carbonyl (C=O) groups excluding carboxylic acids is 1. The number of hydrogen-bond acceptors (Lipinski definition) is 3.